The Labute approximate surface area is 148 Å². The molecule has 3 N–H and O–H groups in total. The highest BCUT2D eigenvalue weighted by molar-refractivity contribution is 5.92. The highest BCUT2D eigenvalue weighted by Crippen LogP contribution is 2.32. The molecule has 140 valence electrons. The summed E-state index contributed by atoms with van der Waals surface area (Å²) in [5, 5.41) is 2.39. The Morgan fingerprint density at radius 1 is 1.08 bits per heavy atom. The van der Waals surface area contributed by atoms with Gasteiger partial charge in [0, 0.05) is 12.2 Å². The minimum atomic E-state index is -4.52. The Bertz CT molecular complexity index is 746. The fourth-order valence-electron chi connectivity index (χ4n) is 2.19. The first kappa shape index (κ1) is 19.6. The number of hydrogen-bond acceptors (Lipinski definition) is 4. The van der Waals surface area contributed by atoms with Gasteiger partial charge < -0.3 is 20.5 Å². The van der Waals surface area contributed by atoms with Gasteiger partial charge in [-0.2, -0.15) is 13.2 Å². The lowest BCUT2D eigenvalue weighted by Crippen LogP contribution is -2.21. The van der Waals surface area contributed by atoms with Gasteiger partial charge >= 0.3 is 6.18 Å². The van der Waals surface area contributed by atoms with Crippen LogP contribution in [0.1, 0.15) is 18.1 Å². The van der Waals surface area contributed by atoms with Crippen molar-refractivity contribution in [1.29, 1.82) is 0 Å². The molecule has 0 atom stereocenters. The van der Waals surface area contributed by atoms with Gasteiger partial charge in [0.1, 0.15) is 11.5 Å². The van der Waals surface area contributed by atoms with Crippen LogP contribution in [0.15, 0.2) is 42.5 Å². The lowest BCUT2D eigenvalue weighted by Gasteiger charge is -2.13. The summed E-state index contributed by atoms with van der Waals surface area (Å²) < 4.78 is 49.3. The van der Waals surface area contributed by atoms with Gasteiger partial charge in [-0.25, -0.2) is 0 Å². The van der Waals surface area contributed by atoms with Crippen LogP contribution in [0.5, 0.6) is 11.5 Å². The molecule has 5 nitrogen and oxygen atoms in total. The molecule has 0 aliphatic heterocycles. The first-order chi connectivity index (χ1) is 12.3. The minimum absolute atomic E-state index is 0.0144. The highest BCUT2D eigenvalue weighted by Gasteiger charge is 2.31. The quantitative estimate of drug-likeness (QED) is 0.783. The van der Waals surface area contributed by atoms with Crippen LogP contribution in [-0.2, 0) is 17.5 Å². The number of hydrogen-bond donors (Lipinski definition) is 2. The van der Waals surface area contributed by atoms with E-state index in [1.165, 1.54) is 6.07 Å². The number of nitrogens with one attached hydrogen (secondary N) is 1. The zero-order valence-corrected chi connectivity index (χ0v) is 14.1. The summed E-state index contributed by atoms with van der Waals surface area (Å²) in [6, 6.07) is 9.85. The Balaban J connectivity index is 1.98. The molecule has 0 spiro atoms. The number of rotatable bonds is 7. The molecule has 0 aliphatic carbocycles. The number of carbonyl (C=O) groups excluding carboxylic acids is 1. The number of ether oxygens (including phenoxy) is 2. The second-order valence-electron chi connectivity index (χ2n) is 5.36. The van der Waals surface area contributed by atoms with E-state index < -0.39 is 17.6 Å². The number of carbonyl (C=O) groups is 1. The summed E-state index contributed by atoms with van der Waals surface area (Å²) in [5.74, 6) is 0.527. The highest BCUT2D eigenvalue weighted by atomic mass is 19.4. The van der Waals surface area contributed by atoms with Gasteiger partial charge in [0.15, 0.2) is 6.61 Å². The zero-order valence-electron chi connectivity index (χ0n) is 14.1. The molecule has 8 heteroatoms. The molecule has 0 heterocycles. The molecule has 0 fully saturated rings. The molecule has 1 amide bonds. The van der Waals surface area contributed by atoms with Crippen molar-refractivity contribution in [2.45, 2.75) is 19.6 Å². The third-order valence-electron chi connectivity index (χ3n) is 3.34. The average molecular weight is 368 g/mol. The molecule has 0 aromatic heterocycles. The van der Waals surface area contributed by atoms with E-state index in [1.54, 1.807) is 24.3 Å². The van der Waals surface area contributed by atoms with E-state index in [9.17, 15) is 18.0 Å². The first-order valence-corrected chi connectivity index (χ1v) is 7.88. The molecule has 2 rings (SSSR count). The standard InChI is InChI=1S/C18H19F3N2O3/c1-2-25-15-3-5-16(6-4-15)26-11-17(24)23-14-8-12(10-22)7-13(9-14)18(19,20)21/h3-9H,2,10-11,22H2,1H3,(H,23,24). The molecule has 0 radical (unpaired) electrons. The maximum atomic E-state index is 12.9. The minimum Gasteiger partial charge on any atom is -0.494 e. The van der Waals surface area contributed by atoms with Crippen LogP contribution in [0, 0.1) is 0 Å². The summed E-state index contributed by atoms with van der Waals surface area (Å²) in [6.45, 7) is 1.97. The third kappa shape index (κ3) is 5.66. The van der Waals surface area contributed by atoms with E-state index in [2.05, 4.69) is 5.32 Å². The van der Waals surface area contributed by atoms with E-state index in [0.717, 1.165) is 12.1 Å². The smallest absolute Gasteiger partial charge is 0.416 e. The van der Waals surface area contributed by atoms with Crippen LogP contribution in [-0.4, -0.2) is 19.1 Å². The number of nitrogens with two attached hydrogens (primary N) is 1. The maximum absolute atomic E-state index is 12.9. The fourth-order valence-corrected chi connectivity index (χ4v) is 2.19. The van der Waals surface area contributed by atoms with Gasteiger partial charge in [0.25, 0.3) is 5.91 Å². The van der Waals surface area contributed by atoms with Gasteiger partial charge in [-0.15, -0.1) is 0 Å². The fraction of sp³-hybridized carbons (Fsp3) is 0.278. The molecule has 2 aromatic carbocycles. The lowest BCUT2D eigenvalue weighted by molar-refractivity contribution is -0.137. The predicted molar refractivity (Wildman–Crippen MR) is 91.1 cm³/mol. The molecule has 0 unspecified atom stereocenters. The van der Waals surface area contributed by atoms with E-state index >= 15 is 0 Å². The summed E-state index contributed by atoms with van der Waals surface area (Å²) in [6.07, 6.45) is -4.52. The van der Waals surface area contributed by atoms with Gasteiger partial charge in [0.05, 0.1) is 12.2 Å². The van der Waals surface area contributed by atoms with Crippen molar-refractivity contribution < 1.29 is 27.4 Å². The van der Waals surface area contributed by atoms with Crippen molar-refractivity contribution in [2.75, 3.05) is 18.5 Å². The van der Waals surface area contributed by atoms with Crippen LogP contribution < -0.4 is 20.5 Å². The summed E-state index contributed by atoms with van der Waals surface area (Å²) in [4.78, 5) is 11.9. The number of halogens is 3. The van der Waals surface area contributed by atoms with Crippen LogP contribution >= 0.6 is 0 Å². The normalized spacial score (nSPS) is 11.1. The van der Waals surface area contributed by atoms with Gasteiger partial charge in [-0.05, 0) is 55.0 Å². The number of amides is 1. The Kier molecular flexibility index (Phi) is 6.46. The molecular weight excluding hydrogens is 349 g/mol. The first-order valence-electron chi connectivity index (χ1n) is 7.88. The van der Waals surface area contributed by atoms with E-state index in [1.807, 2.05) is 6.92 Å². The summed E-state index contributed by atoms with van der Waals surface area (Å²) >= 11 is 0. The van der Waals surface area contributed by atoms with Crippen LogP contribution in [0.4, 0.5) is 18.9 Å². The summed E-state index contributed by atoms with van der Waals surface area (Å²) in [5.41, 5.74) is 4.82. The van der Waals surface area contributed by atoms with E-state index in [0.29, 0.717) is 18.1 Å². The lowest BCUT2D eigenvalue weighted by atomic mass is 10.1. The van der Waals surface area contributed by atoms with Gasteiger partial charge in [-0.3, -0.25) is 4.79 Å². The van der Waals surface area contributed by atoms with Crippen molar-refractivity contribution in [2.24, 2.45) is 5.73 Å². The Hall–Kier alpha value is -2.74. The van der Waals surface area contributed by atoms with Crippen molar-refractivity contribution in [1.82, 2.24) is 0 Å². The second kappa shape index (κ2) is 8.57. The molecule has 0 saturated carbocycles. The van der Waals surface area contributed by atoms with Crippen LogP contribution in [0.25, 0.3) is 0 Å². The van der Waals surface area contributed by atoms with Crippen molar-refractivity contribution in [3.8, 4) is 11.5 Å². The van der Waals surface area contributed by atoms with E-state index in [4.69, 9.17) is 15.2 Å². The largest absolute Gasteiger partial charge is 0.494 e. The topological polar surface area (TPSA) is 73.6 Å². The van der Waals surface area contributed by atoms with Crippen molar-refractivity contribution >= 4 is 11.6 Å². The van der Waals surface area contributed by atoms with Crippen molar-refractivity contribution in [3.05, 3.63) is 53.6 Å². The molecular formula is C18H19F3N2O3. The third-order valence-corrected chi connectivity index (χ3v) is 3.34. The number of benzene rings is 2. The van der Waals surface area contributed by atoms with Gasteiger partial charge in [0.2, 0.25) is 0 Å². The maximum Gasteiger partial charge on any atom is 0.416 e. The van der Waals surface area contributed by atoms with E-state index in [-0.39, 0.29) is 24.4 Å². The molecule has 0 aliphatic rings. The Morgan fingerprint density at radius 3 is 2.23 bits per heavy atom. The second-order valence-corrected chi connectivity index (χ2v) is 5.36. The van der Waals surface area contributed by atoms with Crippen LogP contribution in [0.2, 0.25) is 0 Å². The van der Waals surface area contributed by atoms with Crippen molar-refractivity contribution in [3.63, 3.8) is 0 Å². The Morgan fingerprint density at radius 2 is 1.69 bits per heavy atom. The van der Waals surface area contributed by atoms with Crippen LogP contribution in [0.3, 0.4) is 0 Å². The number of anilines is 1. The molecule has 2 aromatic rings. The SMILES string of the molecule is CCOc1ccc(OCC(=O)Nc2cc(CN)cc(C(F)(F)F)c2)cc1. The monoisotopic (exact) mass is 368 g/mol. The zero-order chi connectivity index (χ0) is 19.2. The average Bonchev–Trinajstić information content (AvgIpc) is 2.60. The summed E-state index contributed by atoms with van der Waals surface area (Å²) in [7, 11) is 0. The predicted octanol–water partition coefficient (Wildman–Crippen LogP) is 3.58. The molecule has 0 bridgehead atoms. The molecule has 0 saturated heterocycles. The number of alkyl halides is 3. The van der Waals surface area contributed by atoms with Gasteiger partial charge in [-0.1, -0.05) is 0 Å². The molecule has 26 heavy (non-hydrogen) atoms.